The van der Waals surface area contributed by atoms with Crippen LogP contribution < -0.4 is 5.32 Å². The molecule has 0 atom stereocenters. The third-order valence-electron chi connectivity index (χ3n) is 2.23. The van der Waals surface area contributed by atoms with E-state index in [1.54, 1.807) is 0 Å². The summed E-state index contributed by atoms with van der Waals surface area (Å²) in [5.74, 6) is 0.757. The lowest BCUT2D eigenvalue weighted by atomic mass is 10.2. The molecule has 0 unspecified atom stereocenters. The van der Waals surface area contributed by atoms with E-state index in [0.29, 0.717) is 0 Å². The predicted molar refractivity (Wildman–Crippen MR) is 68.4 cm³/mol. The summed E-state index contributed by atoms with van der Waals surface area (Å²) in [6, 6.07) is 4.28. The normalized spacial score (nSPS) is 11.5. The maximum absolute atomic E-state index is 3.46. The van der Waals surface area contributed by atoms with Gasteiger partial charge >= 0.3 is 0 Å². The highest BCUT2D eigenvalue weighted by atomic mass is 32.1. The lowest BCUT2D eigenvalue weighted by Gasteiger charge is -2.18. The van der Waals surface area contributed by atoms with Gasteiger partial charge in [-0.15, -0.1) is 11.3 Å². The molecule has 1 N–H and O–H groups in total. The number of hydrogen-bond acceptors (Lipinski definition) is 3. The maximum atomic E-state index is 3.46. The predicted octanol–water partition coefficient (Wildman–Crippen LogP) is 2.43. The summed E-state index contributed by atoms with van der Waals surface area (Å²) in [7, 11) is 2.19. The Labute approximate surface area is 97.3 Å². The van der Waals surface area contributed by atoms with Crippen molar-refractivity contribution in [2.45, 2.75) is 20.4 Å². The second-order valence-electron chi connectivity index (χ2n) is 4.41. The van der Waals surface area contributed by atoms with Gasteiger partial charge in [-0.05, 0) is 24.4 Å². The fourth-order valence-corrected chi connectivity index (χ4v) is 2.28. The van der Waals surface area contributed by atoms with Crippen LogP contribution in [0.1, 0.15) is 18.7 Å². The summed E-state index contributed by atoms with van der Waals surface area (Å²) in [5.41, 5.74) is 0. The van der Waals surface area contributed by atoms with Gasteiger partial charge in [0.25, 0.3) is 0 Å². The van der Waals surface area contributed by atoms with E-state index >= 15 is 0 Å². The highest BCUT2D eigenvalue weighted by molar-refractivity contribution is 7.09. The molecule has 0 amide bonds. The van der Waals surface area contributed by atoms with E-state index in [-0.39, 0.29) is 0 Å². The van der Waals surface area contributed by atoms with Gasteiger partial charge in [-0.25, -0.2) is 0 Å². The zero-order valence-electron chi connectivity index (χ0n) is 9.99. The van der Waals surface area contributed by atoms with E-state index in [4.69, 9.17) is 0 Å². The Kier molecular flexibility index (Phi) is 5.91. The van der Waals surface area contributed by atoms with Crippen LogP contribution in [0.3, 0.4) is 0 Å². The maximum Gasteiger partial charge on any atom is 0.0300 e. The second kappa shape index (κ2) is 6.99. The molecule has 0 radical (unpaired) electrons. The highest BCUT2D eigenvalue weighted by Crippen LogP contribution is 2.06. The van der Waals surface area contributed by atoms with E-state index in [1.165, 1.54) is 11.4 Å². The minimum absolute atomic E-state index is 0.757. The molecule has 1 heterocycles. The summed E-state index contributed by atoms with van der Waals surface area (Å²) in [4.78, 5) is 3.80. The topological polar surface area (TPSA) is 15.3 Å². The zero-order chi connectivity index (χ0) is 11.1. The fourth-order valence-electron chi connectivity index (χ4n) is 1.61. The molecule has 0 fully saturated rings. The monoisotopic (exact) mass is 226 g/mol. The van der Waals surface area contributed by atoms with Crippen molar-refractivity contribution in [1.82, 2.24) is 10.2 Å². The first kappa shape index (κ1) is 12.7. The largest absolute Gasteiger partial charge is 0.311 e. The molecule has 1 aromatic heterocycles. The summed E-state index contributed by atoms with van der Waals surface area (Å²) < 4.78 is 0. The number of nitrogens with one attached hydrogen (secondary N) is 1. The molecule has 0 saturated carbocycles. The van der Waals surface area contributed by atoms with Crippen molar-refractivity contribution in [3.8, 4) is 0 Å². The smallest absolute Gasteiger partial charge is 0.0300 e. The Morgan fingerprint density at radius 2 is 2.27 bits per heavy atom. The van der Waals surface area contributed by atoms with E-state index in [2.05, 4.69) is 48.6 Å². The molecule has 0 aliphatic heterocycles. The van der Waals surface area contributed by atoms with Crippen molar-refractivity contribution in [2.24, 2.45) is 5.92 Å². The van der Waals surface area contributed by atoms with Crippen molar-refractivity contribution >= 4 is 11.3 Å². The van der Waals surface area contributed by atoms with E-state index < -0.39 is 0 Å². The molecule has 86 valence electrons. The van der Waals surface area contributed by atoms with Gasteiger partial charge in [-0.1, -0.05) is 19.9 Å². The molecule has 3 heteroatoms. The Bertz CT molecular complexity index is 244. The molecule has 0 bridgehead atoms. The van der Waals surface area contributed by atoms with Crippen LogP contribution in [-0.4, -0.2) is 31.6 Å². The molecule has 1 rings (SSSR count). The molecule has 0 aliphatic carbocycles. The molecule has 0 saturated heterocycles. The van der Waals surface area contributed by atoms with Crippen LogP contribution in [-0.2, 0) is 6.54 Å². The standard InChI is InChI=1S/C12H22N2S/c1-11(2)10-14(3)7-6-13-9-12-5-4-8-15-12/h4-5,8,11,13H,6-7,9-10H2,1-3H3. The zero-order valence-corrected chi connectivity index (χ0v) is 10.8. The van der Waals surface area contributed by atoms with Gasteiger partial charge in [0.2, 0.25) is 0 Å². The average Bonchev–Trinajstić information content (AvgIpc) is 2.63. The molecule has 15 heavy (non-hydrogen) atoms. The second-order valence-corrected chi connectivity index (χ2v) is 5.44. The molecule has 0 aromatic carbocycles. The van der Waals surface area contributed by atoms with Crippen molar-refractivity contribution in [1.29, 1.82) is 0 Å². The number of thiophene rings is 1. The van der Waals surface area contributed by atoms with Crippen LogP contribution in [0.5, 0.6) is 0 Å². The first-order valence-corrected chi connectivity index (χ1v) is 6.48. The van der Waals surface area contributed by atoms with E-state index in [0.717, 1.165) is 25.6 Å². The molecule has 2 nitrogen and oxygen atoms in total. The van der Waals surface area contributed by atoms with Gasteiger partial charge in [-0.2, -0.15) is 0 Å². The number of hydrogen-bond donors (Lipinski definition) is 1. The van der Waals surface area contributed by atoms with Gasteiger partial charge in [0.05, 0.1) is 0 Å². The minimum atomic E-state index is 0.757. The minimum Gasteiger partial charge on any atom is -0.311 e. The Morgan fingerprint density at radius 3 is 2.87 bits per heavy atom. The first-order valence-electron chi connectivity index (χ1n) is 5.60. The lowest BCUT2D eigenvalue weighted by molar-refractivity contribution is 0.294. The molecule has 1 aromatic rings. The number of likely N-dealkylation sites (N-methyl/N-ethyl adjacent to an activating group) is 1. The van der Waals surface area contributed by atoms with Crippen LogP contribution in [0, 0.1) is 5.92 Å². The van der Waals surface area contributed by atoms with E-state index in [1.807, 2.05) is 11.3 Å². The summed E-state index contributed by atoms with van der Waals surface area (Å²) in [6.07, 6.45) is 0. The molecule has 0 aliphatic rings. The highest BCUT2D eigenvalue weighted by Gasteiger charge is 2.00. The summed E-state index contributed by atoms with van der Waals surface area (Å²) >= 11 is 1.82. The Morgan fingerprint density at radius 1 is 1.47 bits per heavy atom. The SMILES string of the molecule is CC(C)CN(C)CCNCc1cccs1. The number of nitrogens with zero attached hydrogens (tertiary/aromatic N) is 1. The third kappa shape index (κ3) is 5.92. The fraction of sp³-hybridized carbons (Fsp3) is 0.667. The quantitative estimate of drug-likeness (QED) is 0.718. The van der Waals surface area contributed by atoms with Crippen LogP contribution in [0.4, 0.5) is 0 Å². The average molecular weight is 226 g/mol. The van der Waals surface area contributed by atoms with Crippen molar-refractivity contribution < 1.29 is 0 Å². The van der Waals surface area contributed by atoms with Crippen LogP contribution in [0.15, 0.2) is 17.5 Å². The number of rotatable bonds is 7. The van der Waals surface area contributed by atoms with Gasteiger partial charge < -0.3 is 10.2 Å². The lowest BCUT2D eigenvalue weighted by Crippen LogP contribution is -2.31. The van der Waals surface area contributed by atoms with E-state index in [9.17, 15) is 0 Å². The van der Waals surface area contributed by atoms with Crippen LogP contribution in [0.25, 0.3) is 0 Å². The first-order chi connectivity index (χ1) is 7.18. The Hall–Kier alpha value is -0.380. The van der Waals surface area contributed by atoms with Gasteiger partial charge in [0.1, 0.15) is 0 Å². The summed E-state index contributed by atoms with van der Waals surface area (Å²) in [5, 5.41) is 5.59. The van der Waals surface area contributed by atoms with Crippen molar-refractivity contribution in [2.75, 3.05) is 26.7 Å². The van der Waals surface area contributed by atoms with Crippen LogP contribution >= 0.6 is 11.3 Å². The molecule has 0 spiro atoms. The van der Waals surface area contributed by atoms with Gasteiger partial charge in [-0.3, -0.25) is 0 Å². The van der Waals surface area contributed by atoms with Gasteiger partial charge in [0.15, 0.2) is 0 Å². The van der Waals surface area contributed by atoms with Crippen molar-refractivity contribution in [3.63, 3.8) is 0 Å². The third-order valence-corrected chi connectivity index (χ3v) is 3.10. The van der Waals surface area contributed by atoms with Crippen LogP contribution in [0.2, 0.25) is 0 Å². The summed E-state index contributed by atoms with van der Waals surface area (Å²) in [6.45, 7) is 8.91. The van der Waals surface area contributed by atoms with Crippen molar-refractivity contribution in [3.05, 3.63) is 22.4 Å². The molecular formula is C12H22N2S. The molecular weight excluding hydrogens is 204 g/mol. The van der Waals surface area contributed by atoms with Gasteiger partial charge in [0, 0.05) is 31.1 Å². The Balaban J connectivity index is 2.01.